The van der Waals surface area contributed by atoms with Crippen molar-refractivity contribution >= 4 is 34.2 Å². The molecule has 3 atom stereocenters. The fourth-order valence-electron chi connectivity index (χ4n) is 8.01. The summed E-state index contributed by atoms with van der Waals surface area (Å²) in [6, 6.07) is 37.8. The summed E-state index contributed by atoms with van der Waals surface area (Å²) in [6.45, 7) is 4.15. The molecular formula is C44H43N3O3. The predicted molar refractivity (Wildman–Crippen MR) is 201 cm³/mol. The lowest BCUT2D eigenvalue weighted by Gasteiger charge is -2.30. The number of allylic oxidation sites excluding steroid dienone is 1. The molecule has 1 aliphatic heterocycles. The molecular weight excluding hydrogens is 619 g/mol. The van der Waals surface area contributed by atoms with Crippen LogP contribution in [-0.2, 0) is 20.9 Å². The van der Waals surface area contributed by atoms with Gasteiger partial charge in [0.05, 0.1) is 24.1 Å². The van der Waals surface area contributed by atoms with E-state index in [9.17, 15) is 14.4 Å². The fraction of sp³-hybridized carbons (Fsp3) is 0.250. The van der Waals surface area contributed by atoms with Crippen LogP contribution >= 0.6 is 0 Å². The van der Waals surface area contributed by atoms with Gasteiger partial charge in [0.2, 0.25) is 11.8 Å². The standard InChI is InChI=1S/C44H43N3O3/c1-2-12-38(42(45)48)39(26-29-13-3-4-14-29)43(49)46-41-37-21-8-7-19-35(37)36-20-9-10-22-40(36)47(44(41)50)28-30-15-11-18-32(25-30)34-24-23-31-16-5-6-17-33(31)27-34/h2,5-11,15-25,27,29,38-39,41H,1,3-4,12-14,26,28H2,(H2,45,48)(H,46,49). The molecule has 3 N–H and O–H groups in total. The number of hydrogen-bond donors (Lipinski definition) is 2. The molecule has 2 aliphatic rings. The quantitative estimate of drug-likeness (QED) is 0.139. The Balaban J connectivity index is 1.25. The highest BCUT2D eigenvalue weighted by Gasteiger charge is 2.39. The zero-order chi connectivity index (χ0) is 34.6. The van der Waals surface area contributed by atoms with Crippen LogP contribution in [0.1, 0.15) is 55.7 Å². The number of primary amides is 1. The number of benzene rings is 5. The smallest absolute Gasteiger partial charge is 0.254 e. The Morgan fingerprint density at radius 1 is 0.800 bits per heavy atom. The first kappa shape index (κ1) is 33.0. The van der Waals surface area contributed by atoms with Gasteiger partial charge in [-0.15, -0.1) is 6.58 Å². The first-order valence-electron chi connectivity index (χ1n) is 17.7. The number of carbonyl (C=O) groups is 3. The van der Waals surface area contributed by atoms with E-state index in [-0.39, 0.29) is 11.8 Å². The third kappa shape index (κ3) is 6.71. The largest absolute Gasteiger partial charge is 0.369 e. The molecule has 1 aliphatic carbocycles. The molecule has 1 heterocycles. The third-order valence-electron chi connectivity index (χ3n) is 10.6. The molecule has 252 valence electrons. The third-order valence-corrected chi connectivity index (χ3v) is 10.6. The maximum Gasteiger partial charge on any atom is 0.254 e. The van der Waals surface area contributed by atoms with Gasteiger partial charge in [-0.1, -0.05) is 129 Å². The number of fused-ring (bicyclic) bond motifs is 4. The number of hydrogen-bond acceptors (Lipinski definition) is 3. The van der Waals surface area contributed by atoms with Gasteiger partial charge >= 0.3 is 0 Å². The maximum atomic E-state index is 14.9. The minimum Gasteiger partial charge on any atom is -0.369 e. The predicted octanol–water partition coefficient (Wildman–Crippen LogP) is 8.75. The Kier molecular flexibility index (Phi) is 9.61. The SMILES string of the molecule is C=CCC(C(N)=O)C(CC1CCCC1)C(=O)NC1C(=O)N(Cc2cccc(-c3ccc4ccccc4c3)c2)c2ccccc2-c2ccccc21. The number of nitrogens with one attached hydrogen (secondary N) is 1. The highest BCUT2D eigenvalue weighted by molar-refractivity contribution is 6.06. The average molecular weight is 662 g/mol. The van der Waals surface area contributed by atoms with Gasteiger partial charge in [0, 0.05) is 5.56 Å². The first-order valence-corrected chi connectivity index (χ1v) is 17.7. The van der Waals surface area contributed by atoms with Crippen LogP contribution < -0.4 is 16.0 Å². The Labute approximate surface area is 294 Å². The molecule has 0 radical (unpaired) electrons. The highest BCUT2D eigenvalue weighted by Crippen LogP contribution is 2.42. The number of anilines is 1. The summed E-state index contributed by atoms with van der Waals surface area (Å²) in [5, 5.41) is 5.52. The minimum atomic E-state index is -0.960. The summed E-state index contributed by atoms with van der Waals surface area (Å²) in [5.41, 5.74) is 12.3. The van der Waals surface area contributed by atoms with E-state index < -0.39 is 23.8 Å². The topological polar surface area (TPSA) is 92.5 Å². The molecule has 7 rings (SSSR count). The Hall–Kier alpha value is -5.49. The number of rotatable bonds is 11. The van der Waals surface area contributed by atoms with E-state index in [0.29, 0.717) is 25.3 Å². The lowest BCUT2D eigenvalue weighted by molar-refractivity contribution is -0.136. The van der Waals surface area contributed by atoms with Gasteiger partial charge < -0.3 is 16.0 Å². The zero-order valence-electron chi connectivity index (χ0n) is 28.3. The lowest BCUT2D eigenvalue weighted by Crippen LogP contribution is -2.47. The average Bonchev–Trinajstić information content (AvgIpc) is 3.64. The van der Waals surface area contributed by atoms with Crippen LogP contribution in [0, 0.1) is 17.8 Å². The molecule has 6 nitrogen and oxygen atoms in total. The fourth-order valence-corrected chi connectivity index (χ4v) is 8.01. The van der Waals surface area contributed by atoms with E-state index in [0.717, 1.165) is 64.8 Å². The van der Waals surface area contributed by atoms with Crippen molar-refractivity contribution in [3.63, 3.8) is 0 Å². The lowest BCUT2D eigenvalue weighted by atomic mass is 9.80. The molecule has 1 fully saturated rings. The number of nitrogens with zero attached hydrogens (tertiary/aromatic N) is 1. The van der Waals surface area contributed by atoms with Crippen molar-refractivity contribution in [3.8, 4) is 22.3 Å². The van der Waals surface area contributed by atoms with Crippen molar-refractivity contribution in [2.45, 2.75) is 51.1 Å². The van der Waals surface area contributed by atoms with Crippen LogP contribution in [0.4, 0.5) is 5.69 Å². The van der Waals surface area contributed by atoms with Gasteiger partial charge in [-0.05, 0) is 75.5 Å². The summed E-state index contributed by atoms with van der Waals surface area (Å²) in [7, 11) is 0. The highest BCUT2D eigenvalue weighted by atomic mass is 16.2. The molecule has 0 saturated heterocycles. The maximum absolute atomic E-state index is 14.9. The number of carbonyl (C=O) groups excluding carboxylic acids is 3. The van der Waals surface area contributed by atoms with Crippen molar-refractivity contribution in [2.24, 2.45) is 23.5 Å². The second-order valence-corrected chi connectivity index (χ2v) is 13.8. The van der Waals surface area contributed by atoms with Crippen molar-refractivity contribution in [1.82, 2.24) is 5.32 Å². The summed E-state index contributed by atoms with van der Waals surface area (Å²) in [4.78, 5) is 43.8. The van der Waals surface area contributed by atoms with Crippen molar-refractivity contribution < 1.29 is 14.4 Å². The van der Waals surface area contributed by atoms with Crippen LogP contribution in [0.5, 0.6) is 0 Å². The molecule has 3 unspecified atom stereocenters. The summed E-state index contributed by atoms with van der Waals surface area (Å²) in [6.07, 6.45) is 6.80. The van der Waals surface area contributed by atoms with E-state index >= 15 is 0 Å². The normalized spacial score (nSPS) is 17.0. The van der Waals surface area contributed by atoms with Gasteiger partial charge in [0.15, 0.2) is 0 Å². The van der Waals surface area contributed by atoms with Crippen LogP contribution in [-0.4, -0.2) is 17.7 Å². The molecule has 0 bridgehead atoms. The Morgan fingerprint density at radius 3 is 2.28 bits per heavy atom. The molecule has 50 heavy (non-hydrogen) atoms. The van der Waals surface area contributed by atoms with Crippen LogP contribution in [0.25, 0.3) is 33.0 Å². The second kappa shape index (κ2) is 14.6. The molecule has 5 aromatic carbocycles. The van der Waals surface area contributed by atoms with E-state index in [1.54, 1.807) is 11.0 Å². The molecule has 1 saturated carbocycles. The summed E-state index contributed by atoms with van der Waals surface area (Å²) in [5.74, 6) is -2.09. The summed E-state index contributed by atoms with van der Waals surface area (Å²) < 4.78 is 0. The van der Waals surface area contributed by atoms with Crippen LogP contribution in [0.2, 0.25) is 0 Å². The number of para-hydroxylation sites is 1. The van der Waals surface area contributed by atoms with Crippen molar-refractivity contribution in [3.05, 3.63) is 139 Å². The van der Waals surface area contributed by atoms with Crippen molar-refractivity contribution in [1.29, 1.82) is 0 Å². The zero-order valence-corrected chi connectivity index (χ0v) is 28.3. The van der Waals surface area contributed by atoms with E-state index in [1.165, 1.54) is 10.8 Å². The molecule has 6 heteroatoms. The van der Waals surface area contributed by atoms with Gasteiger partial charge in [0.1, 0.15) is 6.04 Å². The molecule has 5 aromatic rings. The van der Waals surface area contributed by atoms with Crippen LogP contribution in [0.15, 0.2) is 128 Å². The number of nitrogens with two attached hydrogens (primary N) is 1. The first-order chi connectivity index (χ1) is 24.4. The monoisotopic (exact) mass is 661 g/mol. The van der Waals surface area contributed by atoms with E-state index in [2.05, 4.69) is 54.4 Å². The van der Waals surface area contributed by atoms with Gasteiger partial charge in [-0.2, -0.15) is 0 Å². The molecule has 0 spiro atoms. The van der Waals surface area contributed by atoms with Gasteiger partial charge in [0.25, 0.3) is 5.91 Å². The van der Waals surface area contributed by atoms with Crippen molar-refractivity contribution in [2.75, 3.05) is 4.90 Å². The van der Waals surface area contributed by atoms with Gasteiger partial charge in [-0.3, -0.25) is 14.4 Å². The minimum absolute atomic E-state index is 0.231. The van der Waals surface area contributed by atoms with Gasteiger partial charge in [-0.25, -0.2) is 0 Å². The molecule has 0 aromatic heterocycles. The molecule has 3 amide bonds. The summed E-state index contributed by atoms with van der Waals surface area (Å²) >= 11 is 0. The van der Waals surface area contributed by atoms with E-state index in [1.807, 2.05) is 72.8 Å². The van der Waals surface area contributed by atoms with Crippen LogP contribution in [0.3, 0.4) is 0 Å². The Bertz CT molecular complexity index is 2060. The van der Waals surface area contributed by atoms with E-state index in [4.69, 9.17) is 5.73 Å². The second-order valence-electron chi connectivity index (χ2n) is 13.8. The number of amides is 3. The Morgan fingerprint density at radius 2 is 1.50 bits per heavy atom.